The first-order valence-electron chi connectivity index (χ1n) is 9.84. The van der Waals surface area contributed by atoms with Crippen LogP contribution in [0, 0.1) is 18.6 Å². The van der Waals surface area contributed by atoms with Gasteiger partial charge in [0.05, 0.1) is 12.1 Å². The number of carbonyl (C=O) groups is 1. The number of anilines is 1. The fourth-order valence-corrected chi connectivity index (χ4v) is 7.24. The second-order valence-corrected chi connectivity index (χ2v) is 11.7. The van der Waals surface area contributed by atoms with Crippen molar-refractivity contribution in [2.75, 3.05) is 11.9 Å². The molecule has 1 aromatic heterocycles. The van der Waals surface area contributed by atoms with Gasteiger partial charge in [0.25, 0.3) is 0 Å². The smallest absolute Gasteiger partial charge is 0.232 e. The third-order valence-corrected chi connectivity index (χ3v) is 10.1. The zero-order valence-electron chi connectivity index (χ0n) is 17.1. The average molecular weight is 464 g/mol. The van der Waals surface area contributed by atoms with Gasteiger partial charge in [0.1, 0.15) is 15.8 Å². The van der Waals surface area contributed by atoms with Gasteiger partial charge in [-0.25, -0.2) is 13.8 Å². The number of hydrogen-bond acceptors (Lipinski definition) is 4. The maximum absolute atomic E-state index is 14.0. The first-order valence-corrected chi connectivity index (χ1v) is 12.5. The van der Waals surface area contributed by atoms with Crippen molar-refractivity contribution in [3.05, 3.63) is 65.4 Å². The van der Waals surface area contributed by atoms with Crippen LogP contribution in [0.15, 0.2) is 46.7 Å². The maximum Gasteiger partial charge on any atom is 0.232 e. The summed E-state index contributed by atoms with van der Waals surface area (Å²) in [5, 5.41) is 6.60. The van der Waals surface area contributed by atoms with Crippen molar-refractivity contribution in [3.63, 3.8) is 0 Å². The van der Waals surface area contributed by atoms with Gasteiger partial charge in [-0.15, -0.1) is 0 Å². The molecule has 2 N–H and O–H groups in total. The van der Waals surface area contributed by atoms with E-state index in [4.69, 9.17) is 5.14 Å². The van der Waals surface area contributed by atoms with Crippen molar-refractivity contribution in [1.82, 2.24) is 4.98 Å². The number of nitrogens with two attached hydrogens (primary N) is 1. The number of nitrogens with zero attached hydrogens (tertiary/aromatic N) is 2. The van der Waals surface area contributed by atoms with Gasteiger partial charge < -0.3 is 0 Å². The minimum atomic E-state index is -2.94. The van der Waals surface area contributed by atoms with Crippen LogP contribution >= 0.6 is 11.3 Å². The third kappa shape index (κ3) is 4.44. The number of benzene rings is 2. The second-order valence-electron chi connectivity index (χ2n) is 7.78. The van der Waals surface area contributed by atoms with Crippen molar-refractivity contribution >= 4 is 32.5 Å². The summed E-state index contributed by atoms with van der Waals surface area (Å²) in [5.74, 6) is -1.22. The highest BCUT2D eigenvalue weighted by Crippen LogP contribution is 2.41. The van der Waals surface area contributed by atoms with E-state index in [0.717, 1.165) is 36.6 Å². The molecule has 164 valence electrons. The Morgan fingerprint density at radius 3 is 2.55 bits per heavy atom. The van der Waals surface area contributed by atoms with E-state index in [1.165, 1.54) is 16.2 Å². The average Bonchev–Trinajstić information content (AvgIpc) is 3.52. The number of aromatic nitrogens is 1. The van der Waals surface area contributed by atoms with Crippen molar-refractivity contribution in [3.8, 4) is 11.1 Å². The number of rotatable bonds is 6. The van der Waals surface area contributed by atoms with E-state index in [2.05, 4.69) is 4.98 Å². The van der Waals surface area contributed by atoms with E-state index in [-0.39, 0.29) is 23.1 Å². The topological polar surface area (TPSA) is 76.3 Å². The molecule has 2 aromatic carbocycles. The molecule has 1 amide bonds. The quantitative estimate of drug-likeness (QED) is 0.543. The number of amides is 1. The molecule has 1 aliphatic carbocycles. The molecule has 0 spiro atoms. The van der Waals surface area contributed by atoms with Gasteiger partial charge in [-0.2, -0.15) is 0 Å². The Bertz CT molecular complexity index is 1190. The highest BCUT2D eigenvalue weighted by molar-refractivity contribution is 8.03. The number of thiazole rings is 1. The first-order chi connectivity index (χ1) is 14.7. The van der Waals surface area contributed by atoms with Crippen LogP contribution < -0.4 is 10.0 Å². The second kappa shape index (κ2) is 8.22. The van der Waals surface area contributed by atoms with Crippen LogP contribution in [0.2, 0.25) is 0 Å². The van der Waals surface area contributed by atoms with Gasteiger partial charge >= 0.3 is 0 Å². The minimum Gasteiger partial charge on any atom is -0.291 e. The van der Waals surface area contributed by atoms with Gasteiger partial charge in [0.2, 0.25) is 5.91 Å². The number of carbonyl (C=O) groups excluding carboxylic acids is 1. The Morgan fingerprint density at radius 1 is 1.23 bits per heavy atom. The monoisotopic (exact) mass is 463 g/mol. The summed E-state index contributed by atoms with van der Waals surface area (Å²) in [5.41, 5.74) is 2.04. The molecular formula is C22H23F2N3O2S2. The van der Waals surface area contributed by atoms with Crippen molar-refractivity contribution in [1.29, 1.82) is 0 Å². The Labute approximate surface area is 184 Å². The molecule has 9 heteroatoms. The normalized spacial score (nSPS) is 14.5. The van der Waals surface area contributed by atoms with Gasteiger partial charge in [0.15, 0.2) is 5.13 Å². The van der Waals surface area contributed by atoms with Gasteiger partial charge in [-0.1, -0.05) is 35.6 Å². The molecular weight excluding hydrogens is 440 g/mol. The van der Waals surface area contributed by atoms with Crippen LogP contribution in [0.4, 0.5) is 13.9 Å². The zero-order chi connectivity index (χ0) is 22.3. The molecule has 0 atom stereocenters. The fraction of sp³-hybridized carbons (Fsp3) is 0.273. The SMILES string of the molecule is Cc1nc(N(C)C(=O)Cc2ccc(-c3cc(F)ccc3F)cc2)sc1[SH](N)(=O)C1CC1. The maximum atomic E-state index is 14.0. The summed E-state index contributed by atoms with van der Waals surface area (Å²) >= 11 is 1.21. The molecule has 0 bridgehead atoms. The number of thiol groups is 1. The van der Waals surface area contributed by atoms with Gasteiger partial charge in [0, 0.05) is 17.9 Å². The van der Waals surface area contributed by atoms with Crippen LogP contribution in [0.1, 0.15) is 24.1 Å². The molecule has 1 saturated carbocycles. The van der Waals surface area contributed by atoms with Crippen molar-refractivity contribution in [2.45, 2.75) is 35.6 Å². The lowest BCUT2D eigenvalue weighted by Crippen LogP contribution is -2.28. The first kappa shape index (κ1) is 21.7. The van der Waals surface area contributed by atoms with Crippen LogP contribution in [0.25, 0.3) is 11.1 Å². The predicted molar refractivity (Wildman–Crippen MR) is 121 cm³/mol. The molecule has 0 radical (unpaired) electrons. The largest absolute Gasteiger partial charge is 0.291 e. The summed E-state index contributed by atoms with van der Waals surface area (Å²) in [6.07, 6.45) is 1.84. The van der Waals surface area contributed by atoms with Crippen LogP contribution in [0.3, 0.4) is 0 Å². The van der Waals surface area contributed by atoms with Crippen LogP contribution in [0.5, 0.6) is 0 Å². The summed E-state index contributed by atoms with van der Waals surface area (Å²) in [7, 11) is -1.32. The van der Waals surface area contributed by atoms with Gasteiger partial charge in [-0.3, -0.25) is 19.0 Å². The molecule has 4 rings (SSSR count). The molecule has 5 nitrogen and oxygen atoms in total. The number of hydrogen-bond donors (Lipinski definition) is 2. The summed E-state index contributed by atoms with van der Waals surface area (Å²) in [6, 6.07) is 10.0. The van der Waals surface area contributed by atoms with E-state index < -0.39 is 21.8 Å². The Kier molecular flexibility index (Phi) is 5.76. The van der Waals surface area contributed by atoms with E-state index in [1.807, 2.05) is 0 Å². The lowest BCUT2D eigenvalue weighted by atomic mass is 10.0. The lowest BCUT2D eigenvalue weighted by Gasteiger charge is -2.16. The molecule has 1 fully saturated rings. The fourth-order valence-electron chi connectivity index (χ4n) is 3.39. The van der Waals surface area contributed by atoms with E-state index in [0.29, 0.717) is 20.6 Å². The predicted octanol–water partition coefficient (Wildman–Crippen LogP) is 4.01. The summed E-state index contributed by atoms with van der Waals surface area (Å²) in [4.78, 5) is 18.6. The minimum absolute atomic E-state index is 0.0296. The molecule has 3 aromatic rings. The molecule has 31 heavy (non-hydrogen) atoms. The molecule has 0 saturated heterocycles. The van der Waals surface area contributed by atoms with Crippen LogP contribution in [-0.2, 0) is 21.3 Å². The van der Waals surface area contributed by atoms with Crippen LogP contribution in [-0.4, -0.2) is 27.4 Å². The molecule has 1 aliphatic rings. The molecule has 1 heterocycles. The Morgan fingerprint density at radius 2 is 1.90 bits per heavy atom. The third-order valence-electron chi connectivity index (χ3n) is 5.38. The highest BCUT2D eigenvalue weighted by Gasteiger charge is 2.37. The summed E-state index contributed by atoms with van der Waals surface area (Å²) in [6.45, 7) is 1.76. The van der Waals surface area contributed by atoms with E-state index >= 15 is 0 Å². The lowest BCUT2D eigenvalue weighted by molar-refractivity contribution is -0.117. The number of likely N-dealkylation sites (N-methyl/N-ethyl adjacent to an activating group) is 1. The standard InChI is InChI=1S/C22H23F2N3O2S2/c1-13-21(31(25,29)17-8-9-17)30-22(26-13)27(2)20(28)11-14-3-5-15(6-4-14)18-12-16(23)7-10-19(18)24/h3-7,10,12,17,31H,8-9,11H2,1-2H3,(H2,25,29). The molecule has 0 aliphatic heterocycles. The highest BCUT2D eigenvalue weighted by atomic mass is 32.3. The van der Waals surface area contributed by atoms with E-state index in [9.17, 15) is 17.8 Å². The Hall–Kier alpha value is -2.49. The van der Waals surface area contributed by atoms with Crippen molar-refractivity contribution in [2.24, 2.45) is 5.14 Å². The Balaban J connectivity index is 1.48. The van der Waals surface area contributed by atoms with E-state index in [1.54, 1.807) is 38.2 Å². The zero-order valence-corrected chi connectivity index (χ0v) is 18.9. The summed E-state index contributed by atoms with van der Waals surface area (Å²) < 4.78 is 40.9. The number of halogens is 2. The number of aryl methyl sites for hydroxylation is 1. The van der Waals surface area contributed by atoms with Gasteiger partial charge in [-0.05, 0) is 59.2 Å². The molecule has 0 unspecified atom stereocenters. The van der Waals surface area contributed by atoms with Crippen molar-refractivity contribution < 1.29 is 17.8 Å².